The van der Waals surface area contributed by atoms with Crippen molar-refractivity contribution in [2.24, 2.45) is 0 Å². The molecule has 0 fully saturated rings. The summed E-state index contributed by atoms with van der Waals surface area (Å²) >= 11 is 0. The van der Waals surface area contributed by atoms with E-state index in [0.717, 1.165) is 24.2 Å². The highest BCUT2D eigenvalue weighted by Crippen LogP contribution is 2.48. The van der Waals surface area contributed by atoms with E-state index in [1.807, 2.05) is 0 Å². The number of rotatable bonds is 4. The van der Waals surface area contributed by atoms with E-state index in [9.17, 15) is 0 Å². The number of hydrogen-bond donors (Lipinski definition) is 0. The highest BCUT2D eigenvalue weighted by Gasteiger charge is 2.46. The second kappa shape index (κ2) is 11.7. The Morgan fingerprint density at radius 1 is 0.630 bits per heavy atom. The number of benzene rings is 7. The van der Waals surface area contributed by atoms with Crippen LogP contribution in [0.2, 0.25) is 0 Å². The molecule has 0 radical (unpaired) electrons. The number of para-hydroxylation sites is 3. The summed E-state index contributed by atoms with van der Waals surface area (Å²) in [5, 5.41) is 1.40. The van der Waals surface area contributed by atoms with Crippen LogP contribution in [0, 0.1) is 6.92 Å². The molecule has 3 heterocycles. The average molecular weight is 693 g/mol. The van der Waals surface area contributed by atoms with Gasteiger partial charge in [-0.15, -0.1) is 0 Å². The van der Waals surface area contributed by atoms with Gasteiger partial charge in [-0.25, -0.2) is 0 Å². The zero-order valence-electron chi connectivity index (χ0n) is 31.1. The third-order valence-electron chi connectivity index (χ3n) is 12.7. The number of aryl methyl sites for hydroxylation is 2. The maximum atomic E-state index is 2.69. The van der Waals surface area contributed by atoms with Crippen molar-refractivity contribution in [3.05, 3.63) is 197 Å². The Kier molecular flexibility index (Phi) is 6.83. The molecule has 2 aliphatic heterocycles. The van der Waals surface area contributed by atoms with Crippen LogP contribution in [0.3, 0.4) is 0 Å². The molecule has 1 atom stereocenters. The first kappa shape index (κ1) is 31.5. The van der Waals surface area contributed by atoms with Gasteiger partial charge in [0.25, 0.3) is 0 Å². The molecule has 1 aromatic heterocycles. The van der Waals surface area contributed by atoms with Crippen LogP contribution in [-0.2, 0) is 11.8 Å². The van der Waals surface area contributed by atoms with Crippen LogP contribution in [0.15, 0.2) is 164 Å². The first-order valence-electron chi connectivity index (χ1n) is 19.5. The summed E-state index contributed by atoms with van der Waals surface area (Å²) in [6, 6.07) is 61.4. The van der Waals surface area contributed by atoms with E-state index in [2.05, 4.69) is 194 Å². The number of anilines is 3. The van der Waals surface area contributed by atoms with Gasteiger partial charge < -0.3 is 9.47 Å². The molecule has 8 aromatic rings. The molecule has 0 amide bonds. The predicted molar refractivity (Wildman–Crippen MR) is 228 cm³/mol. The van der Waals surface area contributed by atoms with Crippen molar-refractivity contribution in [2.75, 3.05) is 4.90 Å². The van der Waals surface area contributed by atoms with Gasteiger partial charge in [-0.3, -0.25) is 0 Å². The number of nitrogens with zero attached hydrogens (tertiary/aromatic N) is 2. The highest BCUT2D eigenvalue weighted by atomic mass is 15.1. The molecular weight excluding hydrogens is 651 g/mol. The van der Waals surface area contributed by atoms with Crippen LogP contribution in [0.25, 0.3) is 27.8 Å². The number of fused-ring (bicyclic) bond motifs is 9. The van der Waals surface area contributed by atoms with E-state index in [0.29, 0.717) is 5.92 Å². The maximum Gasteiger partial charge on any atom is 0.247 e. The Morgan fingerprint density at radius 2 is 1.31 bits per heavy atom. The standard InChI is InChI=1S/C51H41BN2/c1-33-30-44-48-47(31-33)54-49-40-23-14-13-22-39(40)38(34-16-7-4-8-17-34)27-28-42(49)41-24-15-25-46(50(41)54)52(48)45-29-26-37(32-43(45)51(44,2)3)53(35-18-9-5-10-19-35)36-20-11-6-12-21-36/h4-26,29-32,38H,27-28H2,1-3H3. The maximum absolute atomic E-state index is 2.69. The second-order valence-corrected chi connectivity index (χ2v) is 16.1. The van der Waals surface area contributed by atoms with Crippen molar-refractivity contribution >= 4 is 51.1 Å². The number of aromatic nitrogens is 1. The Morgan fingerprint density at radius 3 is 2.06 bits per heavy atom. The molecule has 258 valence electrons. The van der Waals surface area contributed by atoms with Crippen LogP contribution in [0.4, 0.5) is 17.1 Å². The van der Waals surface area contributed by atoms with Crippen molar-refractivity contribution in [1.82, 2.24) is 4.57 Å². The lowest BCUT2D eigenvalue weighted by Crippen LogP contribution is -2.63. The summed E-state index contributed by atoms with van der Waals surface area (Å²) in [5.41, 5.74) is 21.6. The zero-order valence-corrected chi connectivity index (χ0v) is 31.1. The van der Waals surface area contributed by atoms with E-state index < -0.39 is 0 Å². The summed E-state index contributed by atoms with van der Waals surface area (Å²) in [6.07, 6.45) is 2.13. The molecule has 54 heavy (non-hydrogen) atoms. The first-order valence-corrected chi connectivity index (χ1v) is 19.5. The quantitative estimate of drug-likeness (QED) is 0.167. The summed E-state index contributed by atoms with van der Waals surface area (Å²) in [6.45, 7) is 7.33. The summed E-state index contributed by atoms with van der Waals surface area (Å²) < 4.78 is 2.69. The molecule has 3 aliphatic rings. The largest absolute Gasteiger partial charge is 0.310 e. The van der Waals surface area contributed by atoms with Gasteiger partial charge in [-0.05, 0) is 107 Å². The van der Waals surface area contributed by atoms with Gasteiger partial charge >= 0.3 is 0 Å². The van der Waals surface area contributed by atoms with Crippen LogP contribution in [0.5, 0.6) is 0 Å². The molecule has 0 spiro atoms. The highest BCUT2D eigenvalue weighted by molar-refractivity contribution is 6.99. The smallest absolute Gasteiger partial charge is 0.247 e. The van der Waals surface area contributed by atoms with Crippen LogP contribution < -0.4 is 21.3 Å². The zero-order chi connectivity index (χ0) is 36.1. The lowest BCUT2D eigenvalue weighted by Gasteiger charge is -2.43. The Labute approximate surface area is 318 Å². The monoisotopic (exact) mass is 692 g/mol. The third kappa shape index (κ3) is 4.42. The SMILES string of the molecule is Cc1cc2c3c(c1)C(C)(C)c1cc(N(c4ccccc4)c4ccccc4)ccc1B3c1cccc3c4c(n-2c13)-c1ccccc1C(c1ccccc1)CC4. The topological polar surface area (TPSA) is 8.17 Å². The van der Waals surface area contributed by atoms with Crippen molar-refractivity contribution in [1.29, 1.82) is 0 Å². The molecule has 1 unspecified atom stereocenters. The van der Waals surface area contributed by atoms with Crippen molar-refractivity contribution in [3.8, 4) is 16.9 Å². The summed E-state index contributed by atoms with van der Waals surface area (Å²) in [4.78, 5) is 2.40. The summed E-state index contributed by atoms with van der Waals surface area (Å²) in [5.74, 6) is 0.356. The second-order valence-electron chi connectivity index (χ2n) is 16.1. The van der Waals surface area contributed by atoms with Gasteiger partial charge in [-0.1, -0.05) is 141 Å². The van der Waals surface area contributed by atoms with E-state index in [1.54, 1.807) is 0 Å². The van der Waals surface area contributed by atoms with E-state index in [1.165, 1.54) is 83.3 Å². The molecule has 0 saturated heterocycles. The molecule has 2 nitrogen and oxygen atoms in total. The lowest BCUT2D eigenvalue weighted by atomic mass is 9.30. The van der Waals surface area contributed by atoms with Crippen LogP contribution in [0.1, 0.15) is 59.6 Å². The molecule has 7 aromatic carbocycles. The third-order valence-corrected chi connectivity index (χ3v) is 12.7. The minimum Gasteiger partial charge on any atom is -0.310 e. The normalized spacial score (nSPS) is 15.8. The molecule has 1 aliphatic carbocycles. The summed E-state index contributed by atoms with van der Waals surface area (Å²) in [7, 11) is 0. The first-order chi connectivity index (χ1) is 26.5. The minimum atomic E-state index is -0.219. The Balaban J connectivity index is 1.17. The molecule has 0 bridgehead atoms. The lowest BCUT2D eigenvalue weighted by molar-refractivity contribution is 0.644. The van der Waals surface area contributed by atoms with Gasteiger partial charge in [0.1, 0.15) is 0 Å². The minimum absolute atomic E-state index is 0.150. The van der Waals surface area contributed by atoms with E-state index in [-0.39, 0.29) is 12.1 Å². The number of hydrogen-bond acceptors (Lipinski definition) is 1. The van der Waals surface area contributed by atoms with Crippen LogP contribution >= 0.6 is 0 Å². The van der Waals surface area contributed by atoms with Crippen molar-refractivity contribution in [3.63, 3.8) is 0 Å². The fraction of sp³-hybridized carbons (Fsp3) is 0.137. The molecule has 0 saturated carbocycles. The fourth-order valence-corrected chi connectivity index (χ4v) is 10.4. The predicted octanol–water partition coefficient (Wildman–Crippen LogP) is 10.6. The van der Waals surface area contributed by atoms with Crippen molar-refractivity contribution in [2.45, 2.75) is 44.9 Å². The van der Waals surface area contributed by atoms with E-state index >= 15 is 0 Å². The Hall–Kier alpha value is -6.06. The van der Waals surface area contributed by atoms with Gasteiger partial charge in [0.2, 0.25) is 6.71 Å². The Bertz CT molecular complexity index is 2720. The average Bonchev–Trinajstić information content (AvgIpc) is 3.44. The molecule has 0 N–H and O–H groups in total. The van der Waals surface area contributed by atoms with Gasteiger partial charge in [-0.2, -0.15) is 0 Å². The fourth-order valence-electron chi connectivity index (χ4n) is 10.4. The van der Waals surface area contributed by atoms with Crippen molar-refractivity contribution < 1.29 is 0 Å². The van der Waals surface area contributed by atoms with Crippen LogP contribution in [-0.4, -0.2) is 11.3 Å². The van der Waals surface area contributed by atoms with Gasteiger partial charge in [0, 0.05) is 50.5 Å². The molecular formula is C51H41BN2. The van der Waals surface area contributed by atoms with E-state index in [4.69, 9.17) is 0 Å². The molecule has 11 rings (SSSR count). The van der Waals surface area contributed by atoms with Gasteiger partial charge in [0.15, 0.2) is 0 Å². The molecule has 3 heteroatoms. The van der Waals surface area contributed by atoms with Gasteiger partial charge in [0.05, 0.1) is 5.69 Å².